The van der Waals surface area contributed by atoms with Gasteiger partial charge in [0.05, 0.1) is 5.56 Å². The Hall–Kier alpha value is -2.83. The second-order valence-corrected chi connectivity index (χ2v) is 6.70. The molecule has 0 aromatic heterocycles. The lowest BCUT2D eigenvalue weighted by Gasteiger charge is -2.22. The average Bonchev–Trinajstić information content (AvgIpc) is 3.00. The van der Waals surface area contributed by atoms with Crippen LogP contribution in [0.25, 0.3) is 0 Å². The van der Waals surface area contributed by atoms with Crippen molar-refractivity contribution in [1.29, 1.82) is 0 Å². The van der Waals surface area contributed by atoms with Gasteiger partial charge in [0.1, 0.15) is 5.92 Å². The molecule has 2 atom stereocenters. The topological polar surface area (TPSA) is 57.6 Å². The molecule has 1 aliphatic heterocycles. The maximum absolute atomic E-state index is 12.9. The SMILES string of the molecule is CC(Cc1cccc(C(F)(F)F)c1)C(=O)N1CC(C(=O)O)c2ccccc21. The third-order valence-electron chi connectivity index (χ3n) is 4.75. The Labute approximate surface area is 154 Å². The molecule has 0 saturated heterocycles. The first-order valence-electron chi connectivity index (χ1n) is 8.47. The molecule has 142 valence electrons. The molecular formula is C20H18F3NO3. The van der Waals surface area contributed by atoms with Crippen LogP contribution in [-0.2, 0) is 22.2 Å². The van der Waals surface area contributed by atoms with Crippen molar-refractivity contribution in [3.05, 3.63) is 65.2 Å². The zero-order valence-electron chi connectivity index (χ0n) is 14.5. The first kappa shape index (κ1) is 18.9. The Kier molecular flexibility index (Phi) is 4.95. The number of carboxylic acids is 1. The molecule has 1 N–H and O–H groups in total. The van der Waals surface area contributed by atoms with Gasteiger partial charge in [-0.25, -0.2) is 0 Å². The summed E-state index contributed by atoms with van der Waals surface area (Å²) < 4.78 is 38.6. The molecule has 0 bridgehead atoms. The molecule has 0 saturated carbocycles. The summed E-state index contributed by atoms with van der Waals surface area (Å²) in [6.45, 7) is 1.67. The number of hydrogen-bond acceptors (Lipinski definition) is 2. The monoisotopic (exact) mass is 377 g/mol. The minimum absolute atomic E-state index is 0.0282. The van der Waals surface area contributed by atoms with E-state index in [1.165, 1.54) is 11.0 Å². The number of anilines is 1. The molecule has 1 amide bonds. The molecule has 3 rings (SSSR count). The third-order valence-corrected chi connectivity index (χ3v) is 4.75. The fourth-order valence-electron chi connectivity index (χ4n) is 3.41. The van der Waals surface area contributed by atoms with E-state index in [9.17, 15) is 27.9 Å². The third kappa shape index (κ3) is 3.82. The van der Waals surface area contributed by atoms with E-state index in [1.807, 2.05) is 0 Å². The molecule has 0 aliphatic carbocycles. The molecule has 0 fully saturated rings. The highest BCUT2D eigenvalue weighted by molar-refractivity contribution is 6.00. The molecule has 7 heteroatoms. The highest BCUT2D eigenvalue weighted by Crippen LogP contribution is 2.37. The highest BCUT2D eigenvalue weighted by atomic mass is 19.4. The largest absolute Gasteiger partial charge is 0.481 e. The van der Waals surface area contributed by atoms with Gasteiger partial charge < -0.3 is 10.0 Å². The van der Waals surface area contributed by atoms with Crippen LogP contribution in [0.4, 0.5) is 18.9 Å². The maximum atomic E-state index is 12.9. The van der Waals surface area contributed by atoms with Crippen LogP contribution in [0.5, 0.6) is 0 Å². The Morgan fingerprint density at radius 1 is 1.19 bits per heavy atom. The quantitative estimate of drug-likeness (QED) is 0.873. The lowest BCUT2D eigenvalue weighted by molar-refractivity contribution is -0.139. The summed E-state index contributed by atoms with van der Waals surface area (Å²) in [7, 11) is 0. The van der Waals surface area contributed by atoms with Crippen LogP contribution in [-0.4, -0.2) is 23.5 Å². The van der Waals surface area contributed by atoms with Crippen molar-refractivity contribution in [1.82, 2.24) is 0 Å². The molecular weight excluding hydrogens is 359 g/mol. The number of rotatable bonds is 4. The Bertz CT molecular complexity index is 879. The summed E-state index contributed by atoms with van der Waals surface area (Å²) in [5.74, 6) is -2.70. The molecule has 1 aliphatic rings. The van der Waals surface area contributed by atoms with Gasteiger partial charge in [0.15, 0.2) is 0 Å². The summed E-state index contributed by atoms with van der Waals surface area (Å²) in [5, 5.41) is 9.40. The standard InChI is InChI=1S/C20H18F3NO3/c1-12(9-13-5-4-6-14(10-13)20(21,22)23)18(25)24-11-16(19(26)27)15-7-2-3-8-17(15)24/h2-8,10,12,16H,9,11H2,1H3,(H,26,27). The van der Waals surface area contributed by atoms with Gasteiger partial charge in [-0.05, 0) is 29.7 Å². The molecule has 2 aromatic rings. The van der Waals surface area contributed by atoms with Crippen LogP contribution in [0, 0.1) is 5.92 Å². The van der Waals surface area contributed by atoms with E-state index in [4.69, 9.17) is 0 Å². The van der Waals surface area contributed by atoms with E-state index >= 15 is 0 Å². The van der Waals surface area contributed by atoms with Crippen LogP contribution in [0.3, 0.4) is 0 Å². The minimum atomic E-state index is -4.44. The van der Waals surface area contributed by atoms with Gasteiger partial charge in [0.2, 0.25) is 5.91 Å². The number of benzene rings is 2. The number of carbonyl (C=O) groups excluding carboxylic acids is 1. The van der Waals surface area contributed by atoms with Crippen molar-refractivity contribution in [2.75, 3.05) is 11.4 Å². The van der Waals surface area contributed by atoms with Crippen molar-refractivity contribution in [2.45, 2.75) is 25.4 Å². The Balaban J connectivity index is 1.80. The fourth-order valence-corrected chi connectivity index (χ4v) is 3.41. The maximum Gasteiger partial charge on any atom is 0.416 e. The second kappa shape index (κ2) is 7.06. The summed E-state index contributed by atoms with van der Waals surface area (Å²) in [6, 6.07) is 11.7. The van der Waals surface area contributed by atoms with Crippen LogP contribution in [0.15, 0.2) is 48.5 Å². The van der Waals surface area contributed by atoms with E-state index in [1.54, 1.807) is 37.3 Å². The van der Waals surface area contributed by atoms with Gasteiger partial charge in [-0.1, -0.05) is 43.3 Å². The number of hydrogen-bond donors (Lipinski definition) is 1. The minimum Gasteiger partial charge on any atom is -0.481 e. The van der Waals surface area contributed by atoms with E-state index in [0.29, 0.717) is 16.8 Å². The predicted molar refractivity (Wildman–Crippen MR) is 93.5 cm³/mol. The number of alkyl halides is 3. The predicted octanol–water partition coefficient (Wildman–Crippen LogP) is 4.10. The first-order chi connectivity index (χ1) is 12.7. The van der Waals surface area contributed by atoms with Crippen molar-refractivity contribution in [2.24, 2.45) is 5.92 Å². The molecule has 2 aromatic carbocycles. The van der Waals surface area contributed by atoms with Crippen molar-refractivity contribution < 1.29 is 27.9 Å². The summed E-state index contributed by atoms with van der Waals surface area (Å²) >= 11 is 0. The van der Waals surface area contributed by atoms with Gasteiger partial charge in [0.25, 0.3) is 0 Å². The average molecular weight is 377 g/mol. The number of halogens is 3. The Morgan fingerprint density at radius 2 is 1.89 bits per heavy atom. The molecule has 2 unspecified atom stereocenters. The summed E-state index contributed by atoms with van der Waals surface area (Å²) in [4.78, 5) is 25.8. The molecule has 27 heavy (non-hydrogen) atoms. The lowest BCUT2D eigenvalue weighted by atomic mass is 9.98. The lowest BCUT2D eigenvalue weighted by Crippen LogP contribution is -2.36. The van der Waals surface area contributed by atoms with Crippen LogP contribution in [0.2, 0.25) is 0 Å². The van der Waals surface area contributed by atoms with Gasteiger partial charge in [0, 0.05) is 18.2 Å². The summed E-state index contributed by atoms with van der Waals surface area (Å²) in [5.41, 5.74) is 0.778. The summed E-state index contributed by atoms with van der Waals surface area (Å²) in [6.07, 6.45) is -4.30. The van der Waals surface area contributed by atoms with Crippen molar-refractivity contribution in [3.63, 3.8) is 0 Å². The molecule has 0 radical (unpaired) electrons. The number of fused-ring (bicyclic) bond motifs is 1. The second-order valence-electron chi connectivity index (χ2n) is 6.70. The van der Waals surface area contributed by atoms with Crippen LogP contribution >= 0.6 is 0 Å². The van der Waals surface area contributed by atoms with Crippen LogP contribution in [0.1, 0.15) is 29.5 Å². The highest BCUT2D eigenvalue weighted by Gasteiger charge is 2.37. The van der Waals surface area contributed by atoms with Gasteiger partial charge in [-0.15, -0.1) is 0 Å². The smallest absolute Gasteiger partial charge is 0.416 e. The zero-order chi connectivity index (χ0) is 19.8. The van der Waals surface area contributed by atoms with E-state index in [2.05, 4.69) is 0 Å². The number of nitrogens with zero attached hydrogens (tertiary/aromatic N) is 1. The zero-order valence-corrected chi connectivity index (χ0v) is 14.5. The van der Waals surface area contributed by atoms with Gasteiger partial charge in [-0.3, -0.25) is 9.59 Å². The van der Waals surface area contributed by atoms with Gasteiger partial charge in [-0.2, -0.15) is 13.2 Å². The number of aliphatic carboxylic acids is 1. The normalized spacial score (nSPS) is 17.5. The van der Waals surface area contributed by atoms with E-state index in [0.717, 1.165) is 12.1 Å². The van der Waals surface area contributed by atoms with Crippen LogP contribution < -0.4 is 4.90 Å². The van der Waals surface area contributed by atoms with Gasteiger partial charge >= 0.3 is 12.1 Å². The van der Waals surface area contributed by atoms with Crippen molar-refractivity contribution >= 4 is 17.6 Å². The first-order valence-corrected chi connectivity index (χ1v) is 8.47. The molecule has 1 heterocycles. The van der Waals surface area contributed by atoms with E-state index in [-0.39, 0.29) is 18.9 Å². The van der Waals surface area contributed by atoms with E-state index < -0.39 is 29.5 Å². The fraction of sp³-hybridized carbons (Fsp3) is 0.300. The number of carbonyl (C=O) groups is 2. The number of para-hydroxylation sites is 1. The van der Waals surface area contributed by atoms with Crippen molar-refractivity contribution in [3.8, 4) is 0 Å². The number of carboxylic acid groups (broad SMARTS) is 1. The number of amides is 1. The molecule has 4 nitrogen and oxygen atoms in total. The molecule has 0 spiro atoms. The Morgan fingerprint density at radius 3 is 2.56 bits per heavy atom.